The number of amides is 1. The van der Waals surface area contributed by atoms with Crippen LogP contribution in [0.25, 0.3) is 0 Å². The molecule has 0 bridgehead atoms. The first-order chi connectivity index (χ1) is 8.83. The Hall–Kier alpha value is -0.770. The SMILES string of the molecule is CCC1CCC(NCCNC(=O)OC(C)(C)C)C1C. The van der Waals surface area contributed by atoms with Crippen molar-refractivity contribution in [1.29, 1.82) is 0 Å². The highest BCUT2D eigenvalue weighted by atomic mass is 16.6. The molecule has 1 aliphatic carbocycles. The van der Waals surface area contributed by atoms with Gasteiger partial charge in [-0.2, -0.15) is 0 Å². The molecule has 4 heteroatoms. The van der Waals surface area contributed by atoms with E-state index < -0.39 is 5.60 Å². The van der Waals surface area contributed by atoms with E-state index in [4.69, 9.17) is 4.74 Å². The van der Waals surface area contributed by atoms with E-state index in [1.165, 1.54) is 19.3 Å². The summed E-state index contributed by atoms with van der Waals surface area (Å²) in [5.74, 6) is 1.60. The van der Waals surface area contributed by atoms with Crippen molar-refractivity contribution in [3.63, 3.8) is 0 Å². The van der Waals surface area contributed by atoms with Gasteiger partial charge in [-0.25, -0.2) is 4.79 Å². The van der Waals surface area contributed by atoms with E-state index >= 15 is 0 Å². The summed E-state index contributed by atoms with van der Waals surface area (Å²) in [7, 11) is 0. The first-order valence-electron chi connectivity index (χ1n) is 7.53. The number of alkyl carbamates (subject to hydrolysis) is 1. The lowest BCUT2D eigenvalue weighted by molar-refractivity contribution is 0.0527. The topological polar surface area (TPSA) is 50.4 Å². The summed E-state index contributed by atoms with van der Waals surface area (Å²) in [4.78, 5) is 11.5. The van der Waals surface area contributed by atoms with E-state index in [1.54, 1.807) is 0 Å². The Labute approximate surface area is 117 Å². The summed E-state index contributed by atoms with van der Waals surface area (Å²) in [6.07, 6.45) is 3.52. The number of carbonyl (C=O) groups is 1. The Morgan fingerprint density at radius 2 is 1.95 bits per heavy atom. The molecular formula is C15H30N2O2. The van der Waals surface area contributed by atoms with E-state index in [1.807, 2.05) is 20.8 Å². The van der Waals surface area contributed by atoms with Gasteiger partial charge in [0, 0.05) is 19.1 Å². The van der Waals surface area contributed by atoms with E-state index in [2.05, 4.69) is 24.5 Å². The fourth-order valence-electron chi connectivity index (χ4n) is 2.85. The van der Waals surface area contributed by atoms with Crippen LogP contribution in [0.15, 0.2) is 0 Å². The van der Waals surface area contributed by atoms with Crippen LogP contribution in [-0.4, -0.2) is 30.8 Å². The largest absolute Gasteiger partial charge is 0.444 e. The Bertz CT molecular complexity index is 286. The molecule has 0 spiro atoms. The third kappa shape index (κ3) is 5.81. The first kappa shape index (κ1) is 16.3. The lowest BCUT2D eigenvalue weighted by Crippen LogP contribution is -2.40. The van der Waals surface area contributed by atoms with E-state index in [0.29, 0.717) is 12.6 Å². The molecule has 1 rings (SSSR count). The molecule has 0 aliphatic heterocycles. The van der Waals surface area contributed by atoms with Crippen LogP contribution < -0.4 is 10.6 Å². The lowest BCUT2D eigenvalue weighted by Gasteiger charge is -2.22. The molecule has 19 heavy (non-hydrogen) atoms. The fraction of sp³-hybridized carbons (Fsp3) is 0.933. The highest BCUT2D eigenvalue weighted by molar-refractivity contribution is 5.67. The number of ether oxygens (including phenoxy) is 1. The summed E-state index contributed by atoms with van der Waals surface area (Å²) in [6.45, 7) is 11.6. The molecule has 2 N–H and O–H groups in total. The van der Waals surface area contributed by atoms with Gasteiger partial charge in [-0.3, -0.25) is 0 Å². The molecule has 0 radical (unpaired) electrons. The van der Waals surface area contributed by atoms with Crippen molar-refractivity contribution < 1.29 is 9.53 Å². The molecule has 3 unspecified atom stereocenters. The minimum Gasteiger partial charge on any atom is -0.444 e. The second-order valence-electron chi connectivity index (χ2n) is 6.59. The number of hydrogen-bond donors (Lipinski definition) is 2. The van der Waals surface area contributed by atoms with E-state index in [9.17, 15) is 4.79 Å². The normalized spacial score (nSPS) is 27.3. The molecule has 3 atom stereocenters. The Kier molecular flexibility index (Phi) is 6.11. The minimum atomic E-state index is -0.425. The standard InChI is InChI=1S/C15H30N2O2/c1-6-12-7-8-13(11(12)2)16-9-10-17-14(18)19-15(3,4)5/h11-13,16H,6-10H2,1-5H3,(H,17,18). The summed E-state index contributed by atoms with van der Waals surface area (Å²) in [6, 6.07) is 0.602. The van der Waals surface area contributed by atoms with Crippen LogP contribution in [0.2, 0.25) is 0 Å². The van der Waals surface area contributed by atoms with Crippen molar-refractivity contribution in [3.05, 3.63) is 0 Å². The molecule has 1 aliphatic rings. The average Bonchev–Trinajstić information content (AvgIpc) is 2.63. The van der Waals surface area contributed by atoms with Gasteiger partial charge in [0.2, 0.25) is 0 Å². The Balaban J connectivity index is 2.13. The van der Waals surface area contributed by atoms with Crippen molar-refractivity contribution in [3.8, 4) is 0 Å². The van der Waals surface area contributed by atoms with Crippen LogP contribution in [0.3, 0.4) is 0 Å². The predicted molar refractivity (Wildman–Crippen MR) is 78.2 cm³/mol. The maximum atomic E-state index is 11.5. The van der Waals surface area contributed by atoms with E-state index in [-0.39, 0.29) is 6.09 Å². The quantitative estimate of drug-likeness (QED) is 0.755. The molecule has 1 amide bonds. The molecule has 0 aromatic carbocycles. The van der Waals surface area contributed by atoms with Gasteiger partial charge in [0.05, 0.1) is 0 Å². The molecule has 1 fully saturated rings. The summed E-state index contributed by atoms with van der Waals surface area (Å²) in [5.41, 5.74) is -0.425. The molecule has 0 aromatic heterocycles. The number of carbonyl (C=O) groups excluding carboxylic acids is 1. The summed E-state index contributed by atoms with van der Waals surface area (Å²) >= 11 is 0. The van der Waals surface area contributed by atoms with Gasteiger partial charge in [0.15, 0.2) is 0 Å². The monoisotopic (exact) mass is 270 g/mol. The van der Waals surface area contributed by atoms with Crippen LogP contribution >= 0.6 is 0 Å². The van der Waals surface area contributed by atoms with Crippen LogP contribution in [0.5, 0.6) is 0 Å². The molecule has 0 saturated heterocycles. The average molecular weight is 270 g/mol. The lowest BCUT2D eigenvalue weighted by atomic mass is 9.93. The van der Waals surface area contributed by atoms with E-state index in [0.717, 1.165) is 18.4 Å². The number of hydrogen-bond acceptors (Lipinski definition) is 3. The van der Waals surface area contributed by atoms with Crippen molar-refractivity contribution in [2.45, 2.75) is 65.5 Å². The molecule has 0 aromatic rings. The zero-order chi connectivity index (χ0) is 14.5. The Morgan fingerprint density at radius 3 is 2.47 bits per heavy atom. The highest BCUT2D eigenvalue weighted by Gasteiger charge is 2.30. The fourth-order valence-corrected chi connectivity index (χ4v) is 2.85. The molecule has 1 saturated carbocycles. The summed E-state index contributed by atoms with van der Waals surface area (Å²) in [5, 5.41) is 6.32. The highest BCUT2D eigenvalue weighted by Crippen LogP contribution is 2.33. The predicted octanol–water partition coefficient (Wildman–Crippen LogP) is 2.93. The Morgan fingerprint density at radius 1 is 1.26 bits per heavy atom. The smallest absolute Gasteiger partial charge is 0.407 e. The molecule has 4 nitrogen and oxygen atoms in total. The van der Waals surface area contributed by atoms with Crippen molar-refractivity contribution in [2.24, 2.45) is 11.8 Å². The third-order valence-corrected chi connectivity index (χ3v) is 3.95. The van der Waals surface area contributed by atoms with Gasteiger partial charge in [-0.15, -0.1) is 0 Å². The number of nitrogens with one attached hydrogen (secondary N) is 2. The van der Waals surface area contributed by atoms with Gasteiger partial charge in [0.25, 0.3) is 0 Å². The van der Waals surface area contributed by atoms with Crippen LogP contribution in [0.4, 0.5) is 4.79 Å². The zero-order valence-corrected chi connectivity index (χ0v) is 13.1. The number of rotatable bonds is 5. The van der Waals surface area contributed by atoms with Gasteiger partial charge in [0.1, 0.15) is 5.60 Å². The first-order valence-corrected chi connectivity index (χ1v) is 7.53. The third-order valence-electron chi connectivity index (χ3n) is 3.95. The van der Waals surface area contributed by atoms with Gasteiger partial charge >= 0.3 is 6.09 Å². The van der Waals surface area contributed by atoms with Gasteiger partial charge < -0.3 is 15.4 Å². The summed E-state index contributed by atoms with van der Waals surface area (Å²) < 4.78 is 5.19. The van der Waals surface area contributed by atoms with Crippen molar-refractivity contribution in [2.75, 3.05) is 13.1 Å². The molecular weight excluding hydrogens is 240 g/mol. The minimum absolute atomic E-state index is 0.333. The van der Waals surface area contributed by atoms with Crippen LogP contribution in [0.1, 0.15) is 53.9 Å². The zero-order valence-electron chi connectivity index (χ0n) is 13.1. The maximum Gasteiger partial charge on any atom is 0.407 e. The molecule has 0 heterocycles. The van der Waals surface area contributed by atoms with Crippen molar-refractivity contribution >= 4 is 6.09 Å². The second kappa shape index (κ2) is 7.13. The maximum absolute atomic E-state index is 11.5. The molecule has 112 valence electrons. The van der Waals surface area contributed by atoms with Crippen LogP contribution in [0, 0.1) is 11.8 Å². The van der Waals surface area contributed by atoms with Gasteiger partial charge in [-0.05, 0) is 45.4 Å². The second-order valence-corrected chi connectivity index (χ2v) is 6.59. The van der Waals surface area contributed by atoms with Gasteiger partial charge in [-0.1, -0.05) is 20.3 Å². The van der Waals surface area contributed by atoms with Crippen molar-refractivity contribution in [1.82, 2.24) is 10.6 Å². The van der Waals surface area contributed by atoms with Crippen LogP contribution in [-0.2, 0) is 4.74 Å².